The average Bonchev–Trinajstić information content (AvgIpc) is 2.07. The van der Waals surface area contributed by atoms with Gasteiger partial charge in [0.05, 0.1) is 10.4 Å². The monoisotopic (exact) mass is 225 g/mol. The van der Waals surface area contributed by atoms with Crippen LogP contribution in [0.4, 0.5) is 5.69 Å². The van der Waals surface area contributed by atoms with Gasteiger partial charge in [-0.1, -0.05) is 0 Å². The van der Waals surface area contributed by atoms with E-state index < -0.39 is 4.75 Å². The van der Waals surface area contributed by atoms with E-state index in [9.17, 15) is 4.79 Å². The van der Waals surface area contributed by atoms with Crippen LogP contribution in [-0.2, 0) is 4.79 Å². The molecule has 1 aliphatic heterocycles. The van der Waals surface area contributed by atoms with Gasteiger partial charge in [0, 0.05) is 9.79 Å². The molecule has 0 saturated carbocycles. The van der Waals surface area contributed by atoms with Crippen molar-refractivity contribution in [2.45, 2.75) is 28.4 Å². The van der Waals surface area contributed by atoms with Crippen molar-refractivity contribution in [1.82, 2.24) is 0 Å². The molecule has 0 radical (unpaired) electrons. The zero-order chi connectivity index (χ0) is 10.3. The van der Waals surface area contributed by atoms with Crippen LogP contribution in [0.25, 0.3) is 0 Å². The third-order valence-electron chi connectivity index (χ3n) is 2.13. The van der Waals surface area contributed by atoms with E-state index in [0.29, 0.717) is 0 Å². The Balaban J connectivity index is 2.46. The molecule has 0 aliphatic carbocycles. The van der Waals surface area contributed by atoms with Gasteiger partial charge >= 0.3 is 0 Å². The van der Waals surface area contributed by atoms with Gasteiger partial charge in [0.2, 0.25) is 5.91 Å². The van der Waals surface area contributed by atoms with E-state index in [1.807, 2.05) is 32.0 Å². The molecule has 1 aliphatic rings. The first-order valence-corrected chi connectivity index (χ1v) is 5.59. The molecule has 2 nitrogen and oxygen atoms in total. The van der Waals surface area contributed by atoms with Gasteiger partial charge in [0.1, 0.15) is 0 Å². The van der Waals surface area contributed by atoms with E-state index in [-0.39, 0.29) is 5.91 Å². The number of benzene rings is 1. The van der Waals surface area contributed by atoms with Gasteiger partial charge in [0.25, 0.3) is 0 Å². The molecule has 0 atom stereocenters. The highest BCUT2D eigenvalue weighted by molar-refractivity contribution is 8.01. The van der Waals surface area contributed by atoms with E-state index in [1.165, 1.54) is 0 Å². The number of hydrogen-bond acceptors (Lipinski definition) is 3. The van der Waals surface area contributed by atoms with Crippen molar-refractivity contribution < 1.29 is 4.79 Å². The van der Waals surface area contributed by atoms with Gasteiger partial charge < -0.3 is 5.32 Å². The Labute approximate surface area is 92.9 Å². The molecule has 0 unspecified atom stereocenters. The summed E-state index contributed by atoms with van der Waals surface area (Å²) in [4.78, 5) is 13.6. The minimum Gasteiger partial charge on any atom is -0.324 e. The van der Waals surface area contributed by atoms with Crippen molar-refractivity contribution in [3.63, 3.8) is 0 Å². The molecule has 4 heteroatoms. The highest BCUT2D eigenvalue weighted by Crippen LogP contribution is 2.42. The van der Waals surface area contributed by atoms with E-state index in [1.54, 1.807) is 11.8 Å². The molecular formula is C10H11NOS2. The Morgan fingerprint density at radius 1 is 1.43 bits per heavy atom. The molecule has 14 heavy (non-hydrogen) atoms. The molecule has 1 heterocycles. The number of carbonyl (C=O) groups is 1. The minimum atomic E-state index is -0.394. The van der Waals surface area contributed by atoms with Gasteiger partial charge in [-0.2, -0.15) is 0 Å². The second-order valence-electron chi connectivity index (χ2n) is 3.75. The maximum absolute atomic E-state index is 11.6. The molecule has 1 amide bonds. The molecule has 2 rings (SSSR count). The Kier molecular flexibility index (Phi) is 2.27. The highest BCUT2D eigenvalue weighted by Gasteiger charge is 2.34. The molecule has 1 aromatic carbocycles. The fourth-order valence-electron chi connectivity index (χ4n) is 1.29. The molecule has 0 saturated heterocycles. The second kappa shape index (κ2) is 3.21. The lowest BCUT2D eigenvalue weighted by atomic mass is 10.1. The van der Waals surface area contributed by atoms with Crippen LogP contribution in [0.5, 0.6) is 0 Å². The molecule has 1 N–H and O–H groups in total. The van der Waals surface area contributed by atoms with Crippen LogP contribution in [0.3, 0.4) is 0 Å². The number of thiol groups is 1. The number of anilines is 1. The van der Waals surface area contributed by atoms with E-state index in [2.05, 4.69) is 17.9 Å². The number of rotatable bonds is 0. The summed E-state index contributed by atoms with van der Waals surface area (Å²) in [6.45, 7) is 3.84. The Morgan fingerprint density at radius 3 is 2.86 bits per heavy atom. The van der Waals surface area contributed by atoms with Crippen LogP contribution in [0.1, 0.15) is 13.8 Å². The highest BCUT2D eigenvalue weighted by atomic mass is 32.2. The van der Waals surface area contributed by atoms with Gasteiger partial charge in [-0.3, -0.25) is 4.79 Å². The third-order valence-corrected chi connectivity index (χ3v) is 3.66. The number of nitrogens with one attached hydrogen (secondary N) is 1. The van der Waals surface area contributed by atoms with Crippen molar-refractivity contribution in [1.29, 1.82) is 0 Å². The summed E-state index contributed by atoms with van der Waals surface area (Å²) in [5.41, 5.74) is 0.886. The Bertz CT molecular complexity index is 401. The van der Waals surface area contributed by atoms with E-state index in [0.717, 1.165) is 15.5 Å². The van der Waals surface area contributed by atoms with Crippen molar-refractivity contribution in [2.24, 2.45) is 0 Å². The first-order chi connectivity index (χ1) is 6.49. The number of carbonyl (C=O) groups excluding carboxylic acids is 1. The van der Waals surface area contributed by atoms with Crippen LogP contribution in [0.15, 0.2) is 28.0 Å². The molecule has 1 aromatic rings. The zero-order valence-electron chi connectivity index (χ0n) is 8.00. The SMILES string of the molecule is CC1(C)Sc2cc(S)ccc2NC1=O. The maximum atomic E-state index is 11.6. The standard InChI is InChI=1S/C10H11NOS2/c1-10(2)9(12)11-7-4-3-6(13)5-8(7)14-10/h3-5,13H,1-2H3,(H,11,12). The molecule has 0 aromatic heterocycles. The van der Waals surface area contributed by atoms with Gasteiger partial charge in [0.15, 0.2) is 0 Å². The summed E-state index contributed by atoms with van der Waals surface area (Å²) in [6, 6.07) is 5.74. The number of thioether (sulfide) groups is 1. The van der Waals surface area contributed by atoms with Gasteiger partial charge in [-0.25, -0.2) is 0 Å². The quantitative estimate of drug-likeness (QED) is 0.665. The number of amides is 1. The smallest absolute Gasteiger partial charge is 0.240 e. The van der Waals surface area contributed by atoms with Crippen molar-refractivity contribution >= 4 is 36.0 Å². The summed E-state index contributed by atoms with van der Waals surface area (Å²) < 4.78 is -0.394. The predicted molar refractivity (Wildman–Crippen MR) is 62.3 cm³/mol. The fourth-order valence-corrected chi connectivity index (χ4v) is 2.69. The normalized spacial score (nSPS) is 18.6. The van der Waals surface area contributed by atoms with Crippen molar-refractivity contribution in [3.05, 3.63) is 18.2 Å². The topological polar surface area (TPSA) is 29.1 Å². The summed E-state index contributed by atoms with van der Waals surface area (Å²) in [5.74, 6) is 0.0573. The number of fused-ring (bicyclic) bond motifs is 1. The van der Waals surface area contributed by atoms with Gasteiger partial charge in [-0.05, 0) is 32.0 Å². The maximum Gasteiger partial charge on any atom is 0.240 e. The van der Waals surface area contributed by atoms with E-state index >= 15 is 0 Å². The van der Waals surface area contributed by atoms with Crippen LogP contribution in [-0.4, -0.2) is 10.7 Å². The average molecular weight is 225 g/mol. The predicted octanol–water partition coefficient (Wildman–Crippen LogP) is 2.80. The first-order valence-electron chi connectivity index (χ1n) is 4.32. The Morgan fingerprint density at radius 2 is 2.14 bits per heavy atom. The first kappa shape index (κ1) is 9.93. The van der Waals surface area contributed by atoms with Crippen molar-refractivity contribution in [3.8, 4) is 0 Å². The fraction of sp³-hybridized carbons (Fsp3) is 0.300. The second-order valence-corrected chi connectivity index (χ2v) is 5.93. The summed E-state index contributed by atoms with van der Waals surface area (Å²) in [6.07, 6.45) is 0. The lowest BCUT2D eigenvalue weighted by molar-refractivity contribution is -0.117. The van der Waals surface area contributed by atoms with Crippen LogP contribution in [0.2, 0.25) is 0 Å². The summed E-state index contributed by atoms with van der Waals surface area (Å²) >= 11 is 5.85. The molecule has 0 spiro atoms. The molecule has 74 valence electrons. The zero-order valence-corrected chi connectivity index (χ0v) is 9.71. The Hall–Kier alpha value is -0.610. The van der Waals surface area contributed by atoms with E-state index in [4.69, 9.17) is 0 Å². The molecule has 0 fully saturated rings. The minimum absolute atomic E-state index is 0.0573. The summed E-state index contributed by atoms with van der Waals surface area (Å²) in [7, 11) is 0. The number of hydrogen-bond donors (Lipinski definition) is 2. The largest absolute Gasteiger partial charge is 0.324 e. The molecule has 0 bridgehead atoms. The lowest BCUT2D eigenvalue weighted by Crippen LogP contribution is -2.36. The third kappa shape index (κ3) is 1.64. The lowest BCUT2D eigenvalue weighted by Gasteiger charge is -2.29. The van der Waals surface area contributed by atoms with Gasteiger partial charge in [-0.15, -0.1) is 24.4 Å². The molecular weight excluding hydrogens is 214 g/mol. The van der Waals surface area contributed by atoms with Crippen molar-refractivity contribution in [2.75, 3.05) is 5.32 Å². The van der Waals surface area contributed by atoms with Crippen LogP contribution in [0, 0.1) is 0 Å². The summed E-state index contributed by atoms with van der Waals surface area (Å²) in [5, 5.41) is 2.88. The van der Waals surface area contributed by atoms with Crippen LogP contribution >= 0.6 is 24.4 Å². The van der Waals surface area contributed by atoms with Crippen LogP contribution < -0.4 is 5.32 Å².